The molecule has 20 heavy (non-hydrogen) atoms. The molecule has 1 N–H and O–H groups in total. The highest BCUT2D eigenvalue weighted by atomic mass is 32.1. The maximum atomic E-state index is 4.63. The van der Waals surface area contributed by atoms with Crippen molar-refractivity contribution in [1.82, 2.24) is 10.3 Å². The Morgan fingerprint density at radius 3 is 2.30 bits per heavy atom. The number of rotatable bonds is 4. The molecule has 1 aromatic heterocycles. The van der Waals surface area contributed by atoms with Crippen LogP contribution in [0.25, 0.3) is 0 Å². The minimum atomic E-state index is 0.198. The smallest absolute Gasteiger partial charge is 0.114 e. The summed E-state index contributed by atoms with van der Waals surface area (Å²) in [5.74, 6) is 0. The second-order valence-corrected chi connectivity index (χ2v) is 7.08. The van der Waals surface area contributed by atoms with Crippen LogP contribution in [0.5, 0.6) is 0 Å². The third-order valence-corrected chi connectivity index (χ3v) is 4.43. The van der Waals surface area contributed by atoms with Crippen LogP contribution < -0.4 is 5.32 Å². The van der Waals surface area contributed by atoms with Crippen LogP contribution in [0.3, 0.4) is 0 Å². The van der Waals surface area contributed by atoms with E-state index >= 15 is 0 Å². The van der Waals surface area contributed by atoms with Crippen molar-refractivity contribution in [2.45, 2.75) is 46.1 Å². The minimum Gasteiger partial charge on any atom is -0.305 e. The first-order valence-corrected chi connectivity index (χ1v) is 8.05. The third kappa shape index (κ3) is 3.47. The van der Waals surface area contributed by atoms with Gasteiger partial charge in [0.2, 0.25) is 0 Å². The molecule has 3 heteroatoms. The molecule has 108 valence electrons. The van der Waals surface area contributed by atoms with Crippen LogP contribution in [0, 0.1) is 6.92 Å². The van der Waals surface area contributed by atoms with Gasteiger partial charge in [-0.15, -0.1) is 11.3 Å². The molecule has 0 fully saturated rings. The zero-order valence-electron chi connectivity index (χ0n) is 13.0. The normalized spacial score (nSPS) is 13.4. The molecular formula is C17H24N2S. The summed E-state index contributed by atoms with van der Waals surface area (Å²) in [7, 11) is 0. The van der Waals surface area contributed by atoms with Gasteiger partial charge in [-0.1, -0.05) is 52.0 Å². The van der Waals surface area contributed by atoms with Gasteiger partial charge in [0, 0.05) is 11.1 Å². The van der Waals surface area contributed by atoms with Gasteiger partial charge in [0.25, 0.3) is 0 Å². The molecule has 0 radical (unpaired) electrons. The standard InChI is InChI=1S/C17H24N2S/c1-6-18-15(16-19-12(2)11-20-16)13-7-9-14(10-8-13)17(3,4)5/h7-11,15,18H,6H2,1-5H3. The van der Waals surface area contributed by atoms with Crippen LogP contribution in [0.15, 0.2) is 29.6 Å². The predicted molar refractivity (Wildman–Crippen MR) is 87.5 cm³/mol. The number of benzene rings is 1. The second-order valence-electron chi connectivity index (χ2n) is 6.19. The van der Waals surface area contributed by atoms with Crippen LogP contribution in [0.4, 0.5) is 0 Å². The van der Waals surface area contributed by atoms with E-state index in [9.17, 15) is 0 Å². The van der Waals surface area contributed by atoms with E-state index in [1.807, 2.05) is 6.92 Å². The molecule has 2 rings (SSSR count). The minimum absolute atomic E-state index is 0.198. The quantitative estimate of drug-likeness (QED) is 0.899. The van der Waals surface area contributed by atoms with E-state index in [2.05, 4.69) is 67.6 Å². The SMILES string of the molecule is CCNC(c1ccc(C(C)(C)C)cc1)c1nc(C)cs1. The number of nitrogens with one attached hydrogen (secondary N) is 1. The molecule has 0 aliphatic rings. The van der Waals surface area contributed by atoms with Crippen molar-refractivity contribution in [3.05, 3.63) is 51.5 Å². The number of hydrogen-bond acceptors (Lipinski definition) is 3. The Labute approximate surface area is 126 Å². The van der Waals surface area contributed by atoms with Gasteiger partial charge in [0.05, 0.1) is 6.04 Å². The van der Waals surface area contributed by atoms with Crippen LogP contribution >= 0.6 is 11.3 Å². The fourth-order valence-corrected chi connectivity index (χ4v) is 3.13. The lowest BCUT2D eigenvalue weighted by Crippen LogP contribution is -2.22. The predicted octanol–water partition coefficient (Wildman–Crippen LogP) is 4.45. The highest BCUT2D eigenvalue weighted by Crippen LogP contribution is 2.28. The van der Waals surface area contributed by atoms with Crippen molar-refractivity contribution in [3.63, 3.8) is 0 Å². The first-order valence-electron chi connectivity index (χ1n) is 7.17. The molecule has 2 nitrogen and oxygen atoms in total. The number of hydrogen-bond donors (Lipinski definition) is 1. The van der Waals surface area contributed by atoms with Crippen molar-refractivity contribution in [2.24, 2.45) is 0 Å². The highest BCUT2D eigenvalue weighted by Gasteiger charge is 2.18. The topological polar surface area (TPSA) is 24.9 Å². The van der Waals surface area contributed by atoms with E-state index in [-0.39, 0.29) is 11.5 Å². The highest BCUT2D eigenvalue weighted by molar-refractivity contribution is 7.09. The molecule has 0 amide bonds. The van der Waals surface area contributed by atoms with Crippen molar-refractivity contribution in [1.29, 1.82) is 0 Å². The molecule has 0 aliphatic heterocycles. The fourth-order valence-electron chi connectivity index (χ4n) is 2.23. The summed E-state index contributed by atoms with van der Waals surface area (Å²) in [5, 5.41) is 6.80. The van der Waals surface area contributed by atoms with Crippen LogP contribution in [-0.2, 0) is 5.41 Å². The summed E-state index contributed by atoms with van der Waals surface area (Å²) >= 11 is 1.73. The van der Waals surface area contributed by atoms with Gasteiger partial charge in [-0.25, -0.2) is 4.98 Å². The second kappa shape index (κ2) is 6.06. The summed E-state index contributed by atoms with van der Waals surface area (Å²) in [5.41, 5.74) is 3.95. The number of aryl methyl sites for hydroxylation is 1. The van der Waals surface area contributed by atoms with Crippen molar-refractivity contribution >= 4 is 11.3 Å². The Morgan fingerprint density at radius 1 is 1.20 bits per heavy atom. The van der Waals surface area contributed by atoms with Gasteiger partial charge in [-0.05, 0) is 30.0 Å². The maximum Gasteiger partial charge on any atom is 0.114 e. The van der Waals surface area contributed by atoms with E-state index in [1.165, 1.54) is 11.1 Å². The molecular weight excluding hydrogens is 264 g/mol. The average molecular weight is 288 g/mol. The lowest BCUT2D eigenvalue weighted by molar-refractivity contribution is 0.587. The Morgan fingerprint density at radius 2 is 1.85 bits per heavy atom. The number of aromatic nitrogens is 1. The Balaban J connectivity index is 2.30. The number of thiazole rings is 1. The van der Waals surface area contributed by atoms with Crippen molar-refractivity contribution in [3.8, 4) is 0 Å². The van der Waals surface area contributed by atoms with Crippen LogP contribution in [0.2, 0.25) is 0 Å². The summed E-state index contributed by atoms with van der Waals surface area (Å²) in [6.45, 7) is 11.9. The number of nitrogens with zero attached hydrogens (tertiary/aromatic N) is 1. The van der Waals surface area contributed by atoms with Gasteiger partial charge in [-0.2, -0.15) is 0 Å². The molecule has 1 atom stereocenters. The van der Waals surface area contributed by atoms with Gasteiger partial charge < -0.3 is 5.32 Å². The molecule has 0 bridgehead atoms. The van der Waals surface area contributed by atoms with Crippen LogP contribution in [-0.4, -0.2) is 11.5 Å². The Kier molecular flexibility index (Phi) is 4.61. The maximum absolute atomic E-state index is 4.63. The van der Waals surface area contributed by atoms with E-state index in [4.69, 9.17) is 0 Å². The molecule has 0 spiro atoms. The first-order chi connectivity index (χ1) is 9.41. The molecule has 0 saturated carbocycles. The summed E-state index contributed by atoms with van der Waals surface area (Å²) in [4.78, 5) is 4.63. The zero-order valence-corrected chi connectivity index (χ0v) is 13.8. The molecule has 2 aromatic rings. The third-order valence-electron chi connectivity index (χ3n) is 3.40. The van der Waals surface area contributed by atoms with Gasteiger partial charge >= 0.3 is 0 Å². The van der Waals surface area contributed by atoms with Crippen molar-refractivity contribution < 1.29 is 0 Å². The molecule has 0 saturated heterocycles. The monoisotopic (exact) mass is 288 g/mol. The van der Waals surface area contributed by atoms with Gasteiger partial charge in [-0.3, -0.25) is 0 Å². The summed E-state index contributed by atoms with van der Waals surface area (Å²) < 4.78 is 0. The fraction of sp³-hybridized carbons (Fsp3) is 0.471. The lowest BCUT2D eigenvalue weighted by atomic mass is 9.86. The molecule has 1 aromatic carbocycles. The molecule has 0 aliphatic carbocycles. The summed E-state index contributed by atoms with van der Waals surface area (Å²) in [6.07, 6.45) is 0. The average Bonchev–Trinajstić information content (AvgIpc) is 2.81. The van der Waals surface area contributed by atoms with E-state index < -0.39 is 0 Å². The van der Waals surface area contributed by atoms with Gasteiger partial charge in [0.15, 0.2) is 0 Å². The van der Waals surface area contributed by atoms with Gasteiger partial charge in [0.1, 0.15) is 5.01 Å². The Hall–Kier alpha value is -1.19. The van der Waals surface area contributed by atoms with E-state index in [0.29, 0.717) is 0 Å². The lowest BCUT2D eigenvalue weighted by Gasteiger charge is -2.21. The first kappa shape index (κ1) is 15.2. The summed E-state index contributed by atoms with van der Waals surface area (Å²) in [6, 6.07) is 9.13. The van der Waals surface area contributed by atoms with Crippen molar-refractivity contribution in [2.75, 3.05) is 6.54 Å². The van der Waals surface area contributed by atoms with E-state index in [1.54, 1.807) is 11.3 Å². The molecule has 1 heterocycles. The largest absolute Gasteiger partial charge is 0.305 e. The Bertz CT molecular complexity index is 549. The molecule has 1 unspecified atom stereocenters. The zero-order chi connectivity index (χ0) is 14.8. The van der Waals surface area contributed by atoms with Crippen LogP contribution in [0.1, 0.15) is 55.6 Å². The van der Waals surface area contributed by atoms with E-state index in [0.717, 1.165) is 17.2 Å².